The number of nitrogens with one attached hydrogen (secondary N) is 1. The molecule has 8 heteroatoms. The maximum Gasteiger partial charge on any atom is 0.324 e. The second-order valence-corrected chi connectivity index (χ2v) is 5.10. The Kier molecular flexibility index (Phi) is 3.75. The molecule has 0 spiro atoms. The molecule has 0 atom stereocenters. The quantitative estimate of drug-likeness (QED) is 0.837. The van der Waals surface area contributed by atoms with Gasteiger partial charge in [0, 0.05) is 6.04 Å². The molecule has 0 bridgehead atoms. The van der Waals surface area contributed by atoms with Crippen LogP contribution in [-0.2, 0) is 11.2 Å². The van der Waals surface area contributed by atoms with Crippen molar-refractivity contribution in [1.29, 1.82) is 0 Å². The molecule has 0 unspecified atom stereocenters. The fraction of sp³-hybridized carbons (Fsp3) is 0.600. The third-order valence-electron chi connectivity index (χ3n) is 2.54. The Bertz CT molecular complexity index is 458. The van der Waals surface area contributed by atoms with Gasteiger partial charge in [-0.1, -0.05) is 18.3 Å². The molecule has 1 aromatic heterocycles. The minimum atomic E-state index is -1.01. The third-order valence-corrected chi connectivity index (χ3v) is 3.52. The van der Waals surface area contributed by atoms with Crippen molar-refractivity contribution in [3.05, 3.63) is 5.01 Å². The number of carboxylic acids is 1. The predicted molar refractivity (Wildman–Crippen MR) is 65.7 cm³/mol. The van der Waals surface area contributed by atoms with Gasteiger partial charge in [0.05, 0.1) is 0 Å². The zero-order valence-electron chi connectivity index (χ0n) is 9.92. The van der Waals surface area contributed by atoms with Gasteiger partial charge in [0.25, 0.3) is 0 Å². The molecule has 2 rings (SSSR count). The number of nitrogens with zero attached hydrogens (tertiary/aromatic N) is 3. The van der Waals surface area contributed by atoms with Crippen LogP contribution in [0.4, 0.5) is 9.93 Å². The number of aryl methyl sites for hydroxylation is 1. The van der Waals surface area contributed by atoms with Crippen LogP contribution in [0.15, 0.2) is 0 Å². The molecule has 1 saturated carbocycles. The van der Waals surface area contributed by atoms with E-state index in [4.69, 9.17) is 5.11 Å². The van der Waals surface area contributed by atoms with E-state index in [1.165, 1.54) is 16.2 Å². The second-order valence-electron chi connectivity index (χ2n) is 4.04. The van der Waals surface area contributed by atoms with Crippen LogP contribution in [-0.4, -0.2) is 44.8 Å². The molecule has 18 heavy (non-hydrogen) atoms. The smallest absolute Gasteiger partial charge is 0.324 e. The molecule has 0 radical (unpaired) electrons. The molecule has 1 aliphatic rings. The molecular weight excluding hydrogens is 256 g/mol. The van der Waals surface area contributed by atoms with Crippen LogP contribution in [0.1, 0.15) is 24.8 Å². The van der Waals surface area contributed by atoms with E-state index in [0.29, 0.717) is 5.13 Å². The highest BCUT2D eigenvalue weighted by atomic mass is 32.1. The van der Waals surface area contributed by atoms with Crippen LogP contribution < -0.4 is 5.32 Å². The molecule has 2 N–H and O–H groups in total. The van der Waals surface area contributed by atoms with Gasteiger partial charge in [-0.15, -0.1) is 10.2 Å². The van der Waals surface area contributed by atoms with Gasteiger partial charge in [-0.2, -0.15) is 0 Å². The minimum absolute atomic E-state index is 0.0414. The molecule has 0 saturated heterocycles. The normalized spacial score (nSPS) is 14.3. The Hall–Kier alpha value is -1.70. The highest BCUT2D eigenvalue weighted by Gasteiger charge is 2.34. The first-order valence-corrected chi connectivity index (χ1v) is 6.53. The van der Waals surface area contributed by atoms with Crippen molar-refractivity contribution < 1.29 is 14.7 Å². The molecule has 98 valence electrons. The number of carbonyl (C=O) groups excluding carboxylic acids is 1. The van der Waals surface area contributed by atoms with Crippen LogP contribution in [0.2, 0.25) is 0 Å². The van der Waals surface area contributed by atoms with E-state index in [9.17, 15) is 9.59 Å². The Morgan fingerprint density at radius 3 is 2.72 bits per heavy atom. The number of hydrogen-bond donors (Lipinski definition) is 2. The minimum Gasteiger partial charge on any atom is -0.480 e. The molecule has 0 aromatic carbocycles. The van der Waals surface area contributed by atoms with E-state index >= 15 is 0 Å². The van der Waals surface area contributed by atoms with Crippen LogP contribution in [0.25, 0.3) is 0 Å². The van der Waals surface area contributed by atoms with E-state index in [1.54, 1.807) is 0 Å². The lowest BCUT2D eigenvalue weighted by Gasteiger charge is -2.19. The number of anilines is 1. The maximum atomic E-state index is 11.9. The van der Waals surface area contributed by atoms with Crippen LogP contribution in [0.5, 0.6) is 0 Å². The Balaban J connectivity index is 1.98. The maximum absolute atomic E-state index is 11.9. The number of carboxylic acid groups (broad SMARTS) is 1. The van der Waals surface area contributed by atoms with E-state index in [1.807, 2.05) is 6.92 Å². The zero-order valence-corrected chi connectivity index (χ0v) is 10.7. The molecule has 0 aliphatic heterocycles. The monoisotopic (exact) mass is 270 g/mol. The number of carbonyl (C=O) groups is 2. The van der Waals surface area contributed by atoms with Gasteiger partial charge >= 0.3 is 12.0 Å². The second kappa shape index (κ2) is 5.30. The van der Waals surface area contributed by atoms with E-state index < -0.39 is 12.0 Å². The third kappa shape index (κ3) is 3.16. The summed E-state index contributed by atoms with van der Waals surface area (Å²) in [6, 6.07) is -0.377. The lowest BCUT2D eigenvalue weighted by Crippen LogP contribution is -2.40. The number of aliphatic carboxylic acids is 1. The summed E-state index contributed by atoms with van der Waals surface area (Å²) >= 11 is 1.30. The van der Waals surface area contributed by atoms with Gasteiger partial charge in [-0.25, -0.2) is 4.79 Å². The largest absolute Gasteiger partial charge is 0.480 e. The summed E-state index contributed by atoms with van der Waals surface area (Å²) in [6.45, 7) is 1.67. The first kappa shape index (κ1) is 12.7. The standard InChI is InChI=1S/C10H14N4O3S/c1-2-7-12-13-9(18-7)11-10(17)14(5-8(15)16)6-3-4-6/h6H,2-5H2,1H3,(H,15,16)(H,11,13,17). The molecule has 1 aromatic rings. The van der Waals surface area contributed by atoms with Crippen molar-refractivity contribution >= 4 is 28.5 Å². The summed E-state index contributed by atoms with van der Waals surface area (Å²) in [6.07, 6.45) is 2.48. The summed E-state index contributed by atoms with van der Waals surface area (Å²) in [5, 5.41) is 20.3. The average molecular weight is 270 g/mol. The van der Waals surface area contributed by atoms with Crippen molar-refractivity contribution in [2.75, 3.05) is 11.9 Å². The number of hydrogen-bond acceptors (Lipinski definition) is 5. The number of rotatable bonds is 5. The molecule has 7 nitrogen and oxygen atoms in total. The zero-order chi connectivity index (χ0) is 13.1. The van der Waals surface area contributed by atoms with Crippen LogP contribution >= 0.6 is 11.3 Å². The highest BCUT2D eigenvalue weighted by molar-refractivity contribution is 7.15. The fourth-order valence-electron chi connectivity index (χ4n) is 1.51. The number of amides is 2. The van der Waals surface area contributed by atoms with E-state index in [0.717, 1.165) is 24.3 Å². The molecule has 1 aliphatic carbocycles. The van der Waals surface area contributed by atoms with E-state index in [-0.39, 0.29) is 12.6 Å². The van der Waals surface area contributed by atoms with Crippen LogP contribution in [0, 0.1) is 0 Å². The summed E-state index contributed by atoms with van der Waals surface area (Å²) in [4.78, 5) is 23.9. The van der Waals surface area contributed by atoms with Gasteiger partial charge < -0.3 is 10.0 Å². The first-order valence-electron chi connectivity index (χ1n) is 5.72. The van der Waals surface area contributed by atoms with Gasteiger partial charge in [-0.3, -0.25) is 10.1 Å². The van der Waals surface area contributed by atoms with Gasteiger partial charge in [0.1, 0.15) is 11.6 Å². The number of urea groups is 1. The Labute approximate surface area is 108 Å². The summed E-state index contributed by atoms with van der Waals surface area (Å²) in [5.41, 5.74) is 0. The number of aromatic nitrogens is 2. The summed E-state index contributed by atoms with van der Waals surface area (Å²) < 4.78 is 0. The molecular formula is C10H14N4O3S. The summed E-state index contributed by atoms with van der Waals surface area (Å²) in [7, 11) is 0. The van der Waals surface area contributed by atoms with Gasteiger partial charge in [-0.05, 0) is 19.3 Å². The van der Waals surface area contributed by atoms with Crippen molar-refractivity contribution in [2.24, 2.45) is 0 Å². The fourth-order valence-corrected chi connectivity index (χ4v) is 2.18. The highest BCUT2D eigenvalue weighted by Crippen LogP contribution is 2.27. The Morgan fingerprint density at radius 1 is 1.50 bits per heavy atom. The SMILES string of the molecule is CCc1nnc(NC(=O)N(CC(=O)O)C2CC2)s1. The van der Waals surface area contributed by atoms with Crippen molar-refractivity contribution in [2.45, 2.75) is 32.2 Å². The topological polar surface area (TPSA) is 95.4 Å². The lowest BCUT2D eigenvalue weighted by atomic mass is 10.5. The predicted octanol–water partition coefficient (Wildman–Crippen LogP) is 1.18. The van der Waals surface area contributed by atoms with E-state index in [2.05, 4.69) is 15.5 Å². The van der Waals surface area contributed by atoms with Gasteiger partial charge in [0.2, 0.25) is 5.13 Å². The molecule has 2 amide bonds. The first-order chi connectivity index (χ1) is 8.60. The van der Waals surface area contributed by atoms with Crippen molar-refractivity contribution in [3.8, 4) is 0 Å². The summed E-state index contributed by atoms with van der Waals surface area (Å²) in [5.74, 6) is -1.01. The molecule has 1 fully saturated rings. The molecule has 1 heterocycles. The average Bonchev–Trinajstić information content (AvgIpc) is 3.06. The van der Waals surface area contributed by atoms with Gasteiger partial charge in [0.15, 0.2) is 0 Å². The van der Waals surface area contributed by atoms with Crippen molar-refractivity contribution in [1.82, 2.24) is 15.1 Å². The Morgan fingerprint density at radius 2 is 2.22 bits per heavy atom. The van der Waals surface area contributed by atoms with Crippen molar-refractivity contribution in [3.63, 3.8) is 0 Å². The van der Waals surface area contributed by atoms with Crippen LogP contribution in [0.3, 0.4) is 0 Å². The lowest BCUT2D eigenvalue weighted by molar-refractivity contribution is -0.137.